The second-order valence-corrected chi connectivity index (χ2v) is 3.84. The van der Waals surface area contributed by atoms with Crippen LogP contribution in [0.25, 0.3) is 0 Å². The molecule has 6 heteroatoms. The lowest BCUT2D eigenvalue weighted by molar-refractivity contribution is -0.384. The number of aliphatic hydroxyl groups is 1. The van der Waals surface area contributed by atoms with Crippen molar-refractivity contribution < 1.29 is 14.8 Å². The molecule has 0 spiro atoms. The van der Waals surface area contributed by atoms with Gasteiger partial charge in [0.2, 0.25) is 0 Å². The van der Waals surface area contributed by atoms with Crippen LogP contribution in [-0.4, -0.2) is 29.3 Å². The summed E-state index contributed by atoms with van der Waals surface area (Å²) < 4.78 is 5.28. The molecular formula is C12H18N2O4. The van der Waals surface area contributed by atoms with Gasteiger partial charge in [0.25, 0.3) is 5.69 Å². The quantitative estimate of drug-likeness (QED) is 0.575. The Morgan fingerprint density at radius 3 is 2.67 bits per heavy atom. The van der Waals surface area contributed by atoms with Crippen molar-refractivity contribution >= 4 is 11.4 Å². The van der Waals surface area contributed by atoms with E-state index in [4.69, 9.17) is 9.84 Å². The van der Waals surface area contributed by atoms with Crippen molar-refractivity contribution in [1.82, 2.24) is 0 Å². The molecule has 1 aromatic carbocycles. The van der Waals surface area contributed by atoms with Crippen molar-refractivity contribution in [3.63, 3.8) is 0 Å². The van der Waals surface area contributed by atoms with Gasteiger partial charge < -0.3 is 15.2 Å². The molecule has 1 rings (SSSR count). The number of benzene rings is 1. The summed E-state index contributed by atoms with van der Waals surface area (Å²) >= 11 is 0. The Bertz CT molecular complexity index is 405. The molecule has 0 aliphatic rings. The lowest BCUT2D eigenvalue weighted by atomic mass is 10.2. The molecule has 6 nitrogen and oxygen atoms in total. The Balaban J connectivity index is 2.98. The standard InChI is InChI=1S/C12H18N2O4/c1-3-9(8-15)13-10-5-11(14(16)17)7-12(6-10)18-4-2/h5-7,9,13,15H,3-4,8H2,1-2H3. The van der Waals surface area contributed by atoms with E-state index in [1.54, 1.807) is 6.07 Å². The number of nitrogens with one attached hydrogen (secondary N) is 1. The number of non-ortho nitro benzene ring substituents is 1. The molecule has 1 aromatic rings. The van der Waals surface area contributed by atoms with E-state index in [0.717, 1.165) is 6.42 Å². The molecule has 1 unspecified atom stereocenters. The number of rotatable bonds is 7. The molecule has 0 heterocycles. The minimum Gasteiger partial charge on any atom is -0.494 e. The third kappa shape index (κ3) is 3.89. The zero-order valence-electron chi connectivity index (χ0n) is 10.5. The van der Waals surface area contributed by atoms with Gasteiger partial charge in [0, 0.05) is 23.9 Å². The zero-order chi connectivity index (χ0) is 13.5. The van der Waals surface area contributed by atoms with Crippen molar-refractivity contribution in [2.75, 3.05) is 18.5 Å². The highest BCUT2D eigenvalue weighted by atomic mass is 16.6. The fraction of sp³-hybridized carbons (Fsp3) is 0.500. The van der Waals surface area contributed by atoms with Crippen LogP contribution >= 0.6 is 0 Å². The molecule has 0 amide bonds. The summed E-state index contributed by atoms with van der Waals surface area (Å²) in [5.74, 6) is 0.446. The Morgan fingerprint density at radius 2 is 2.17 bits per heavy atom. The lowest BCUT2D eigenvalue weighted by Gasteiger charge is -2.16. The van der Waals surface area contributed by atoms with Crippen LogP contribution in [0.2, 0.25) is 0 Å². The number of hydrogen-bond acceptors (Lipinski definition) is 5. The third-order valence-electron chi connectivity index (χ3n) is 2.50. The Morgan fingerprint density at radius 1 is 1.44 bits per heavy atom. The van der Waals surface area contributed by atoms with Crippen LogP contribution < -0.4 is 10.1 Å². The minimum atomic E-state index is -0.465. The predicted molar refractivity (Wildman–Crippen MR) is 69.1 cm³/mol. The van der Waals surface area contributed by atoms with Crippen LogP contribution in [0, 0.1) is 10.1 Å². The molecule has 18 heavy (non-hydrogen) atoms. The maximum absolute atomic E-state index is 10.8. The molecule has 2 N–H and O–H groups in total. The normalized spacial score (nSPS) is 11.9. The monoisotopic (exact) mass is 254 g/mol. The van der Waals surface area contributed by atoms with Crippen LogP contribution in [0.5, 0.6) is 5.75 Å². The van der Waals surface area contributed by atoms with E-state index >= 15 is 0 Å². The van der Waals surface area contributed by atoms with Gasteiger partial charge >= 0.3 is 0 Å². The lowest BCUT2D eigenvalue weighted by Crippen LogP contribution is -2.22. The highest BCUT2D eigenvalue weighted by Crippen LogP contribution is 2.26. The number of hydrogen-bond donors (Lipinski definition) is 2. The number of nitro benzene ring substituents is 1. The van der Waals surface area contributed by atoms with Crippen LogP contribution in [0.3, 0.4) is 0 Å². The van der Waals surface area contributed by atoms with Gasteiger partial charge in [-0.05, 0) is 13.3 Å². The maximum atomic E-state index is 10.8. The zero-order valence-corrected chi connectivity index (χ0v) is 10.5. The molecule has 1 atom stereocenters. The van der Waals surface area contributed by atoms with Crippen LogP contribution in [0.4, 0.5) is 11.4 Å². The average Bonchev–Trinajstić information content (AvgIpc) is 2.36. The van der Waals surface area contributed by atoms with Gasteiger partial charge in [-0.25, -0.2) is 0 Å². The number of nitrogens with zero attached hydrogens (tertiary/aromatic N) is 1. The summed E-state index contributed by atoms with van der Waals surface area (Å²) in [4.78, 5) is 10.3. The summed E-state index contributed by atoms with van der Waals surface area (Å²) in [7, 11) is 0. The van der Waals surface area contributed by atoms with Gasteiger partial charge in [-0.15, -0.1) is 0 Å². The second-order valence-electron chi connectivity index (χ2n) is 3.84. The van der Waals surface area contributed by atoms with E-state index in [-0.39, 0.29) is 18.3 Å². The first kappa shape index (κ1) is 14.2. The maximum Gasteiger partial charge on any atom is 0.275 e. The Labute approximate surface area is 106 Å². The molecule has 0 bridgehead atoms. The number of nitro groups is 1. The van der Waals surface area contributed by atoms with Crippen LogP contribution in [0.1, 0.15) is 20.3 Å². The predicted octanol–water partition coefficient (Wildman–Crippen LogP) is 2.18. The van der Waals surface area contributed by atoms with Crippen molar-refractivity contribution in [3.05, 3.63) is 28.3 Å². The van der Waals surface area contributed by atoms with E-state index in [0.29, 0.717) is 18.0 Å². The average molecular weight is 254 g/mol. The van der Waals surface area contributed by atoms with Gasteiger partial charge in [0.15, 0.2) is 0 Å². The van der Waals surface area contributed by atoms with E-state index in [1.807, 2.05) is 13.8 Å². The largest absolute Gasteiger partial charge is 0.494 e. The molecular weight excluding hydrogens is 236 g/mol. The molecule has 0 aliphatic carbocycles. The molecule has 100 valence electrons. The number of anilines is 1. The molecule has 0 radical (unpaired) electrons. The fourth-order valence-corrected chi connectivity index (χ4v) is 1.53. The smallest absolute Gasteiger partial charge is 0.275 e. The molecule has 0 fully saturated rings. The molecule has 0 saturated carbocycles. The minimum absolute atomic E-state index is 0.0246. The highest BCUT2D eigenvalue weighted by molar-refractivity contribution is 5.56. The van der Waals surface area contributed by atoms with Crippen LogP contribution in [0.15, 0.2) is 18.2 Å². The first-order valence-corrected chi connectivity index (χ1v) is 5.90. The van der Waals surface area contributed by atoms with E-state index in [1.165, 1.54) is 12.1 Å². The molecule has 0 aromatic heterocycles. The first-order valence-electron chi connectivity index (χ1n) is 5.90. The summed E-state index contributed by atoms with van der Waals surface area (Å²) in [5.41, 5.74) is 0.546. The van der Waals surface area contributed by atoms with Gasteiger partial charge in [0.05, 0.1) is 24.2 Å². The highest BCUT2D eigenvalue weighted by Gasteiger charge is 2.12. The Kier molecular flexibility index (Phi) is 5.38. The SMILES string of the molecule is CCOc1cc(NC(CC)CO)cc([N+](=O)[O-])c1. The van der Waals surface area contributed by atoms with Gasteiger partial charge in [-0.1, -0.05) is 6.92 Å². The van der Waals surface area contributed by atoms with Crippen LogP contribution in [-0.2, 0) is 0 Å². The Hall–Kier alpha value is -1.82. The van der Waals surface area contributed by atoms with E-state index in [9.17, 15) is 10.1 Å². The van der Waals surface area contributed by atoms with E-state index < -0.39 is 4.92 Å². The fourth-order valence-electron chi connectivity index (χ4n) is 1.53. The molecule has 0 saturated heterocycles. The van der Waals surface area contributed by atoms with Gasteiger partial charge in [-0.2, -0.15) is 0 Å². The van der Waals surface area contributed by atoms with Gasteiger partial charge in [-0.3, -0.25) is 10.1 Å². The second kappa shape index (κ2) is 6.80. The van der Waals surface area contributed by atoms with Gasteiger partial charge in [0.1, 0.15) is 5.75 Å². The number of aliphatic hydroxyl groups excluding tert-OH is 1. The number of ether oxygens (including phenoxy) is 1. The summed E-state index contributed by atoms with van der Waals surface area (Å²) in [6, 6.07) is 4.38. The topological polar surface area (TPSA) is 84.6 Å². The molecule has 0 aliphatic heterocycles. The summed E-state index contributed by atoms with van der Waals surface area (Å²) in [6.45, 7) is 4.16. The first-order chi connectivity index (χ1) is 8.60. The van der Waals surface area contributed by atoms with Crippen molar-refractivity contribution in [3.8, 4) is 5.75 Å². The van der Waals surface area contributed by atoms with Crippen molar-refractivity contribution in [1.29, 1.82) is 0 Å². The third-order valence-corrected chi connectivity index (χ3v) is 2.50. The van der Waals surface area contributed by atoms with E-state index in [2.05, 4.69) is 5.32 Å². The van der Waals surface area contributed by atoms with Crippen molar-refractivity contribution in [2.45, 2.75) is 26.3 Å². The van der Waals surface area contributed by atoms with Crippen molar-refractivity contribution in [2.24, 2.45) is 0 Å². The summed E-state index contributed by atoms with van der Waals surface area (Å²) in [6.07, 6.45) is 0.725. The summed E-state index contributed by atoms with van der Waals surface area (Å²) in [5, 5.41) is 23.0.